The third-order valence-corrected chi connectivity index (χ3v) is 5.79. The molecule has 0 saturated carbocycles. The highest BCUT2D eigenvalue weighted by molar-refractivity contribution is 6.20. The molecule has 1 atom stereocenters. The second-order valence-electron chi connectivity index (χ2n) is 7.92. The van der Waals surface area contributed by atoms with E-state index in [1.54, 1.807) is 30.3 Å². The number of aliphatic hydroxyl groups excluding tert-OH is 1. The van der Waals surface area contributed by atoms with E-state index < -0.39 is 29.5 Å². The highest BCUT2D eigenvalue weighted by Crippen LogP contribution is 2.43. The van der Waals surface area contributed by atoms with Crippen LogP contribution in [0.2, 0.25) is 0 Å². The van der Waals surface area contributed by atoms with Crippen LogP contribution < -0.4 is 14.4 Å². The Kier molecular flexibility index (Phi) is 6.87. The molecule has 0 aliphatic carbocycles. The fourth-order valence-electron chi connectivity index (χ4n) is 4.08. The predicted molar refractivity (Wildman–Crippen MR) is 133 cm³/mol. The molecule has 0 saturated heterocycles. The van der Waals surface area contributed by atoms with E-state index in [1.165, 1.54) is 43.4 Å². The van der Waals surface area contributed by atoms with E-state index in [-0.39, 0.29) is 16.8 Å². The number of carboxylic acids is 1. The Morgan fingerprint density at radius 3 is 2.31 bits per heavy atom. The minimum Gasteiger partial charge on any atom is -0.503 e. The molecule has 0 bridgehead atoms. The quantitative estimate of drug-likeness (QED) is 0.449. The SMILES string of the molecule is COc1ccc(C2C(C(=O)/C=C/c3ccccc3)=C(O)C(=O)N2c2cccc(C(=O)O)c2)cc1OC. The van der Waals surface area contributed by atoms with Crippen molar-refractivity contribution in [1.82, 2.24) is 0 Å². The summed E-state index contributed by atoms with van der Waals surface area (Å²) in [5, 5.41) is 20.3. The topological polar surface area (TPSA) is 113 Å². The number of aliphatic hydroxyl groups is 1. The summed E-state index contributed by atoms with van der Waals surface area (Å²) < 4.78 is 10.7. The number of aromatic carboxylic acids is 1. The molecule has 8 heteroatoms. The van der Waals surface area contributed by atoms with Gasteiger partial charge in [0.15, 0.2) is 23.0 Å². The summed E-state index contributed by atoms with van der Waals surface area (Å²) >= 11 is 0. The summed E-state index contributed by atoms with van der Waals surface area (Å²) in [6.07, 6.45) is 2.88. The van der Waals surface area contributed by atoms with E-state index in [9.17, 15) is 24.6 Å². The Bertz CT molecular complexity index is 1390. The third kappa shape index (κ3) is 4.56. The standard InChI is InChI=1S/C28H23NO7/c1-35-22-14-12-18(16-23(22)36-2)25-24(21(30)13-11-17-7-4-3-5-8-17)26(31)27(32)29(25)20-10-6-9-19(15-20)28(33)34/h3-16,25,31H,1-2H3,(H,33,34)/b13-11+. The van der Waals surface area contributed by atoms with Crippen molar-refractivity contribution in [3.8, 4) is 11.5 Å². The van der Waals surface area contributed by atoms with Gasteiger partial charge in [-0.1, -0.05) is 48.5 Å². The summed E-state index contributed by atoms with van der Waals surface area (Å²) in [5.41, 5.74) is 1.25. The van der Waals surface area contributed by atoms with E-state index in [0.717, 1.165) is 5.56 Å². The minimum atomic E-state index is -1.18. The molecular formula is C28H23NO7. The van der Waals surface area contributed by atoms with Gasteiger partial charge in [-0.05, 0) is 47.5 Å². The maximum atomic E-state index is 13.4. The predicted octanol–water partition coefficient (Wildman–Crippen LogP) is 4.58. The molecule has 0 aromatic heterocycles. The Balaban J connectivity index is 1.85. The van der Waals surface area contributed by atoms with Crippen molar-refractivity contribution in [2.24, 2.45) is 0 Å². The minimum absolute atomic E-state index is 0.0467. The van der Waals surface area contributed by atoms with Crippen molar-refractivity contribution in [3.05, 3.63) is 107 Å². The Hall–Kier alpha value is -4.85. The normalized spacial score (nSPS) is 15.4. The molecule has 3 aromatic rings. The molecule has 8 nitrogen and oxygen atoms in total. The van der Waals surface area contributed by atoms with Crippen LogP contribution in [0.1, 0.15) is 27.5 Å². The zero-order valence-corrected chi connectivity index (χ0v) is 19.5. The molecule has 1 aliphatic heterocycles. The highest BCUT2D eigenvalue weighted by atomic mass is 16.5. The number of amides is 1. The number of allylic oxidation sites excluding steroid dienone is 1. The number of carboxylic acid groups (broad SMARTS) is 1. The van der Waals surface area contributed by atoms with Gasteiger partial charge in [0.2, 0.25) is 0 Å². The second-order valence-corrected chi connectivity index (χ2v) is 7.92. The van der Waals surface area contributed by atoms with Gasteiger partial charge in [0.25, 0.3) is 5.91 Å². The van der Waals surface area contributed by atoms with Crippen LogP contribution in [0, 0.1) is 0 Å². The van der Waals surface area contributed by atoms with Gasteiger partial charge in [-0.2, -0.15) is 0 Å². The van der Waals surface area contributed by atoms with Crippen LogP contribution in [0.15, 0.2) is 90.2 Å². The average molecular weight is 485 g/mol. The van der Waals surface area contributed by atoms with E-state index in [0.29, 0.717) is 17.1 Å². The number of hydrogen-bond donors (Lipinski definition) is 2. The zero-order chi connectivity index (χ0) is 25.8. The Labute approximate surface area is 207 Å². The van der Waals surface area contributed by atoms with E-state index in [4.69, 9.17) is 9.47 Å². The molecule has 0 spiro atoms. The lowest BCUT2D eigenvalue weighted by molar-refractivity contribution is -0.117. The monoisotopic (exact) mass is 485 g/mol. The number of benzene rings is 3. The first-order valence-electron chi connectivity index (χ1n) is 10.9. The van der Waals surface area contributed by atoms with Crippen LogP contribution in [0.4, 0.5) is 5.69 Å². The molecule has 1 unspecified atom stereocenters. The summed E-state index contributed by atoms with van der Waals surface area (Å²) in [7, 11) is 2.94. The first kappa shape index (κ1) is 24.3. The smallest absolute Gasteiger partial charge is 0.335 e. The lowest BCUT2D eigenvalue weighted by Gasteiger charge is -2.27. The maximum Gasteiger partial charge on any atom is 0.335 e. The molecule has 2 N–H and O–H groups in total. The molecule has 4 rings (SSSR count). The number of anilines is 1. The molecule has 1 aliphatic rings. The summed E-state index contributed by atoms with van der Waals surface area (Å²) in [6.45, 7) is 0. The lowest BCUT2D eigenvalue weighted by Crippen LogP contribution is -2.31. The van der Waals surface area contributed by atoms with Crippen molar-refractivity contribution in [3.63, 3.8) is 0 Å². The van der Waals surface area contributed by atoms with Crippen molar-refractivity contribution < 1.29 is 34.1 Å². The Morgan fingerprint density at radius 2 is 1.64 bits per heavy atom. The number of ketones is 1. The number of nitrogens with zero attached hydrogens (tertiary/aromatic N) is 1. The van der Waals surface area contributed by atoms with Crippen molar-refractivity contribution in [1.29, 1.82) is 0 Å². The highest BCUT2D eigenvalue weighted by Gasteiger charge is 2.44. The zero-order valence-electron chi connectivity index (χ0n) is 19.5. The van der Waals surface area contributed by atoms with Gasteiger partial charge in [0.1, 0.15) is 0 Å². The average Bonchev–Trinajstić information content (AvgIpc) is 3.17. The molecule has 3 aromatic carbocycles. The maximum absolute atomic E-state index is 13.4. The van der Waals surface area contributed by atoms with Gasteiger partial charge < -0.3 is 19.7 Å². The molecule has 36 heavy (non-hydrogen) atoms. The third-order valence-electron chi connectivity index (χ3n) is 5.79. The number of ether oxygens (including phenoxy) is 2. The molecule has 1 amide bonds. The first-order chi connectivity index (χ1) is 17.3. The number of carbonyl (C=O) groups is 3. The van der Waals surface area contributed by atoms with Gasteiger partial charge in [-0.15, -0.1) is 0 Å². The Morgan fingerprint density at radius 1 is 0.917 bits per heavy atom. The summed E-state index contributed by atoms with van der Waals surface area (Å²) in [6, 6.07) is 18.7. The molecule has 0 fully saturated rings. The molecular weight excluding hydrogens is 462 g/mol. The van der Waals surface area contributed by atoms with Crippen LogP contribution >= 0.6 is 0 Å². The van der Waals surface area contributed by atoms with Crippen molar-refractivity contribution in [2.75, 3.05) is 19.1 Å². The van der Waals surface area contributed by atoms with Crippen LogP contribution in [0.5, 0.6) is 11.5 Å². The fourth-order valence-corrected chi connectivity index (χ4v) is 4.08. The van der Waals surface area contributed by atoms with Crippen LogP contribution in [0.3, 0.4) is 0 Å². The first-order valence-corrected chi connectivity index (χ1v) is 10.9. The number of rotatable bonds is 8. The number of methoxy groups -OCH3 is 2. The van der Waals surface area contributed by atoms with E-state index >= 15 is 0 Å². The van der Waals surface area contributed by atoms with Crippen LogP contribution in [-0.4, -0.2) is 42.1 Å². The lowest BCUT2D eigenvalue weighted by atomic mass is 9.94. The number of hydrogen-bond acceptors (Lipinski definition) is 6. The van der Waals surface area contributed by atoms with Crippen LogP contribution in [0.25, 0.3) is 6.08 Å². The van der Waals surface area contributed by atoms with Gasteiger partial charge >= 0.3 is 5.97 Å². The van der Waals surface area contributed by atoms with Crippen molar-refractivity contribution in [2.45, 2.75) is 6.04 Å². The van der Waals surface area contributed by atoms with Gasteiger partial charge in [0.05, 0.1) is 31.4 Å². The van der Waals surface area contributed by atoms with Gasteiger partial charge in [0, 0.05) is 5.69 Å². The summed E-state index contributed by atoms with van der Waals surface area (Å²) in [5.74, 6) is -2.48. The van der Waals surface area contributed by atoms with Crippen LogP contribution in [-0.2, 0) is 9.59 Å². The fraction of sp³-hybridized carbons (Fsp3) is 0.107. The van der Waals surface area contributed by atoms with Gasteiger partial charge in [-0.25, -0.2) is 4.79 Å². The molecule has 182 valence electrons. The second kappa shape index (κ2) is 10.2. The molecule has 0 radical (unpaired) electrons. The van der Waals surface area contributed by atoms with Gasteiger partial charge in [-0.3, -0.25) is 14.5 Å². The molecule has 1 heterocycles. The van der Waals surface area contributed by atoms with Crippen molar-refractivity contribution >= 4 is 29.4 Å². The number of carbonyl (C=O) groups excluding carboxylic acids is 2. The largest absolute Gasteiger partial charge is 0.503 e. The van der Waals surface area contributed by atoms with E-state index in [2.05, 4.69) is 0 Å². The van der Waals surface area contributed by atoms with E-state index in [1.807, 2.05) is 30.3 Å². The summed E-state index contributed by atoms with van der Waals surface area (Å²) in [4.78, 5) is 39.4.